The molecule has 0 aliphatic heterocycles. The van der Waals surface area contributed by atoms with Crippen LogP contribution in [0.2, 0.25) is 10.0 Å². The van der Waals surface area contributed by atoms with Gasteiger partial charge in [-0.15, -0.1) is 0 Å². The number of nitrogens with zero attached hydrogens (tertiary/aromatic N) is 1. The van der Waals surface area contributed by atoms with Crippen LogP contribution in [0, 0.1) is 0 Å². The van der Waals surface area contributed by atoms with Crippen molar-refractivity contribution in [2.45, 2.75) is 6.42 Å². The van der Waals surface area contributed by atoms with Crippen LogP contribution in [0.3, 0.4) is 0 Å². The van der Waals surface area contributed by atoms with Crippen LogP contribution in [0.15, 0.2) is 42.5 Å². The third kappa shape index (κ3) is 5.73. The standard InChI is InChI=1S/C19H21Cl2N3O2/c1-24(2)11-5-10-22-18(25)14-6-3-4-7-17(14)23-19(26)15-12-13(20)8-9-16(15)21/h3-4,6-9,12H,5,10-11H2,1-2H3,(H,22,25)(H,23,26). The normalized spacial score (nSPS) is 10.7. The number of hydrogen-bond donors (Lipinski definition) is 2. The Morgan fingerprint density at radius 1 is 1.00 bits per heavy atom. The van der Waals surface area contributed by atoms with E-state index in [1.165, 1.54) is 6.07 Å². The van der Waals surface area contributed by atoms with Crippen molar-refractivity contribution >= 4 is 40.7 Å². The lowest BCUT2D eigenvalue weighted by atomic mass is 10.1. The first-order valence-electron chi connectivity index (χ1n) is 8.17. The van der Waals surface area contributed by atoms with E-state index in [-0.39, 0.29) is 16.5 Å². The third-order valence-corrected chi connectivity index (χ3v) is 4.23. The molecule has 0 radical (unpaired) electrons. The number of nitrogens with one attached hydrogen (secondary N) is 2. The summed E-state index contributed by atoms with van der Waals surface area (Å²) in [5.74, 6) is -0.665. The van der Waals surface area contributed by atoms with Gasteiger partial charge < -0.3 is 15.5 Å². The Balaban J connectivity index is 2.09. The van der Waals surface area contributed by atoms with Gasteiger partial charge in [-0.3, -0.25) is 9.59 Å². The van der Waals surface area contributed by atoms with E-state index in [2.05, 4.69) is 15.5 Å². The minimum absolute atomic E-state index is 0.239. The molecular formula is C19H21Cl2N3O2. The van der Waals surface area contributed by atoms with Gasteiger partial charge >= 0.3 is 0 Å². The van der Waals surface area contributed by atoms with E-state index in [1.807, 2.05) is 14.1 Å². The van der Waals surface area contributed by atoms with Crippen LogP contribution in [0.25, 0.3) is 0 Å². The summed E-state index contributed by atoms with van der Waals surface area (Å²) in [6.07, 6.45) is 0.839. The van der Waals surface area contributed by atoms with Gasteiger partial charge in [0.05, 0.1) is 21.8 Å². The molecule has 26 heavy (non-hydrogen) atoms. The quantitative estimate of drug-likeness (QED) is 0.700. The summed E-state index contributed by atoms with van der Waals surface area (Å²) < 4.78 is 0. The second-order valence-electron chi connectivity index (χ2n) is 6.04. The van der Waals surface area contributed by atoms with Crippen LogP contribution >= 0.6 is 23.2 Å². The lowest BCUT2D eigenvalue weighted by Gasteiger charge is -2.13. The van der Waals surface area contributed by atoms with Crippen LogP contribution in [-0.2, 0) is 0 Å². The summed E-state index contributed by atoms with van der Waals surface area (Å²) in [5.41, 5.74) is 1.06. The molecule has 138 valence electrons. The number of anilines is 1. The van der Waals surface area contributed by atoms with E-state index in [0.717, 1.165) is 13.0 Å². The van der Waals surface area contributed by atoms with Crippen LogP contribution in [0.1, 0.15) is 27.1 Å². The zero-order chi connectivity index (χ0) is 19.1. The van der Waals surface area contributed by atoms with E-state index in [9.17, 15) is 9.59 Å². The highest BCUT2D eigenvalue weighted by Crippen LogP contribution is 2.23. The number of amides is 2. The molecule has 0 aromatic heterocycles. The maximum Gasteiger partial charge on any atom is 0.257 e. The lowest BCUT2D eigenvalue weighted by Crippen LogP contribution is -2.28. The summed E-state index contributed by atoms with van der Waals surface area (Å²) in [7, 11) is 3.96. The van der Waals surface area contributed by atoms with Crippen molar-refractivity contribution in [1.82, 2.24) is 10.2 Å². The fourth-order valence-electron chi connectivity index (χ4n) is 2.34. The summed E-state index contributed by atoms with van der Waals surface area (Å²) in [6.45, 7) is 1.44. The smallest absolute Gasteiger partial charge is 0.257 e. The topological polar surface area (TPSA) is 61.4 Å². The molecule has 0 fully saturated rings. The van der Waals surface area contributed by atoms with Crippen molar-refractivity contribution in [3.05, 3.63) is 63.6 Å². The molecule has 0 atom stereocenters. The highest BCUT2D eigenvalue weighted by Gasteiger charge is 2.16. The lowest BCUT2D eigenvalue weighted by molar-refractivity contribution is 0.0953. The first-order valence-corrected chi connectivity index (χ1v) is 8.92. The van der Waals surface area contributed by atoms with Crippen molar-refractivity contribution in [3.8, 4) is 0 Å². The molecule has 0 bridgehead atoms. The van der Waals surface area contributed by atoms with Gasteiger partial charge in [0.25, 0.3) is 11.8 Å². The molecule has 7 heteroatoms. The fourth-order valence-corrected chi connectivity index (χ4v) is 2.72. The van der Waals surface area contributed by atoms with Gasteiger partial charge in [0.2, 0.25) is 0 Å². The number of benzene rings is 2. The largest absolute Gasteiger partial charge is 0.352 e. The van der Waals surface area contributed by atoms with E-state index in [0.29, 0.717) is 22.8 Å². The SMILES string of the molecule is CN(C)CCCNC(=O)c1ccccc1NC(=O)c1cc(Cl)ccc1Cl. The van der Waals surface area contributed by atoms with Crippen LogP contribution in [0.5, 0.6) is 0 Å². The third-order valence-electron chi connectivity index (χ3n) is 3.66. The summed E-state index contributed by atoms with van der Waals surface area (Å²) >= 11 is 12.0. The van der Waals surface area contributed by atoms with Gasteiger partial charge in [-0.05, 0) is 57.4 Å². The molecule has 2 rings (SSSR count). The van der Waals surface area contributed by atoms with Crippen molar-refractivity contribution in [2.75, 3.05) is 32.5 Å². The Morgan fingerprint density at radius 3 is 2.46 bits per heavy atom. The minimum Gasteiger partial charge on any atom is -0.352 e. The van der Waals surface area contributed by atoms with E-state index >= 15 is 0 Å². The first-order chi connectivity index (χ1) is 12.4. The molecule has 0 unspecified atom stereocenters. The highest BCUT2D eigenvalue weighted by molar-refractivity contribution is 6.36. The number of rotatable bonds is 7. The van der Waals surface area contributed by atoms with E-state index in [4.69, 9.17) is 23.2 Å². The monoisotopic (exact) mass is 393 g/mol. The molecule has 0 saturated heterocycles. The van der Waals surface area contributed by atoms with Gasteiger partial charge in [0.15, 0.2) is 0 Å². The fraction of sp³-hybridized carbons (Fsp3) is 0.263. The van der Waals surface area contributed by atoms with E-state index in [1.54, 1.807) is 36.4 Å². The Labute approximate surface area is 163 Å². The van der Waals surface area contributed by atoms with Crippen molar-refractivity contribution in [1.29, 1.82) is 0 Å². The highest BCUT2D eigenvalue weighted by atomic mass is 35.5. The molecule has 0 heterocycles. The number of hydrogen-bond acceptors (Lipinski definition) is 3. The zero-order valence-electron chi connectivity index (χ0n) is 14.7. The molecule has 5 nitrogen and oxygen atoms in total. The Kier molecular flexibility index (Phi) is 7.45. The van der Waals surface area contributed by atoms with Gasteiger partial charge in [-0.2, -0.15) is 0 Å². The van der Waals surface area contributed by atoms with Crippen LogP contribution < -0.4 is 10.6 Å². The molecule has 2 amide bonds. The molecule has 2 N–H and O–H groups in total. The second-order valence-corrected chi connectivity index (χ2v) is 6.88. The van der Waals surface area contributed by atoms with Crippen molar-refractivity contribution in [3.63, 3.8) is 0 Å². The van der Waals surface area contributed by atoms with Gasteiger partial charge in [-0.25, -0.2) is 0 Å². The minimum atomic E-state index is -0.426. The average molecular weight is 394 g/mol. The number of carbonyl (C=O) groups excluding carboxylic acids is 2. The summed E-state index contributed by atoms with van der Waals surface area (Å²) in [5, 5.41) is 6.30. The van der Waals surface area contributed by atoms with Crippen LogP contribution in [0.4, 0.5) is 5.69 Å². The van der Waals surface area contributed by atoms with Gasteiger partial charge in [-0.1, -0.05) is 35.3 Å². The average Bonchev–Trinajstić information content (AvgIpc) is 2.60. The predicted molar refractivity (Wildman–Crippen MR) is 106 cm³/mol. The molecule has 0 aliphatic carbocycles. The number of carbonyl (C=O) groups is 2. The maximum absolute atomic E-state index is 12.5. The maximum atomic E-state index is 12.5. The molecule has 0 saturated carbocycles. The number of para-hydroxylation sites is 1. The summed E-state index contributed by atoms with van der Waals surface area (Å²) in [4.78, 5) is 27.0. The van der Waals surface area contributed by atoms with Gasteiger partial charge in [0, 0.05) is 11.6 Å². The molecule has 2 aromatic rings. The van der Waals surface area contributed by atoms with Gasteiger partial charge in [0.1, 0.15) is 0 Å². The number of halogens is 2. The second kappa shape index (κ2) is 9.57. The Hall–Kier alpha value is -2.08. The van der Waals surface area contributed by atoms with Crippen LogP contribution in [-0.4, -0.2) is 43.9 Å². The molecule has 0 aliphatic rings. The van der Waals surface area contributed by atoms with Crippen molar-refractivity contribution in [2.24, 2.45) is 0 Å². The van der Waals surface area contributed by atoms with Crippen molar-refractivity contribution < 1.29 is 9.59 Å². The molecular weight excluding hydrogens is 373 g/mol. The Bertz CT molecular complexity index is 794. The zero-order valence-corrected chi connectivity index (χ0v) is 16.2. The predicted octanol–water partition coefficient (Wildman–Crippen LogP) is 3.93. The Morgan fingerprint density at radius 2 is 1.73 bits per heavy atom. The van der Waals surface area contributed by atoms with E-state index < -0.39 is 5.91 Å². The molecule has 0 spiro atoms. The summed E-state index contributed by atoms with van der Waals surface area (Å²) in [6, 6.07) is 11.5. The first kappa shape index (κ1) is 20.2. The molecule has 2 aromatic carbocycles.